The van der Waals surface area contributed by atoms with Crippen LogP contribution in [0.4, 0.5) is 0 Å². The molecule has 1 unspecified atom stereocenters. The molecule has 0 aliphatic carbocycles. The average molecular weight is 261 g/mol. The topological polar surface area (TPSA) is 66.6 Å². The van der Waals surface area contributed by atoms with Gasteiger partial charge >= 0.3 is 0 Å². The van der Waals surface area contributed by atoms with Crippen LogP contribution in [0.2, 0.25) is 0 Å². The highest BCUT2D eigenvalue weighted by Crippen LogP contribution is 2.23. The first-order valence-corrected chi connectivity index (χ1v) is 8.03. The maximum Gasteiger partial charge on any atom is 0.282 e. The normalized spacial score (nSPS) is 29.4. The smallest absolute Gasteiger partial charge is 0.282 e. The summed E-state index contributed by atoms with van der Waals surface area (Å²) < 4.78 is 28.3. The van der Waals surface area contributed by atoms with E-state index in [2.05, 4.69) is 0 Å². The Hall–Kier alpha value is -0.170. The monoisotopic (exact) mass is 261 g/mol. The quantitative estimate of drug-likeness (QED) is 0.806. The van der Waals surface area contributed by atoms with E-state index in [-0.39, 0.29) is 6.04 Å². The third-order valence-electron chi connectivity index (χ3n) is 3.78. The van der Waals surface area contributed by atoms with E-state index in [1.165, 1.54) is 0 Å². The number of nitrogens with zero attached hydrogens (tertiary/aromatic N) is 2. The molecule has 0 aromatic rings. The summed E-state index contributed by atoms with van der Waals surface area (Å²) in [5.41, 5.74) is 5.73. The van der Waals surface area contributed by atoms with Crippen LogP contribution in [0.1, 0.15) is 38.5 Å². The van der Waals surface area contributed by atoms with Crippen LogP contribution < -0.4 is 5.73 Å². The average Bonchev–Trinajstić information content (AvgIpc) is 2.74. The number of hydrogen-bond donors (Lipinski definition) is 1. The van der Waals surface area contributed by atoms with Crippen LogP contribution >= 0.6 is 0 Å². The molecule has 1 atom stereocenters. The fraction of sp³-hybridized carbons (Fsp3) is 1.00. The maximum absolute atomic E-state index is 12.5. The van der Waals surface area contributed by atoms with Gasteiger partial charge in [0, 0.05) is 32.2 Å². The second-order valence-corrected chi connectivity index (χ2v) is 6.84. The lowest BCUT2D eigenvalue weighted by Gasteiger charge is -2.31. The largest absolute Gasteiger partial charge is 0.329 e. The summed E-state index contributed by atoms with van der Waals surface area (Å²) >= 11 is 0. The minimum atomic E-state index is -3.26. The highest BCUT2D eigenvalue weighted by atomic mass is 32.2. The van der Waals surface area contributed by atoms with Gasteiger partial charge in [-0.05, 0) is 25.7 Å². The molecule has 17 heavy (non-hydrogen) atoms. The zero-order valence-electron chi connectivity index (χ0n) is 10.3. The Labute approximate surface area is 104 Å². The molecule has 2 aliphatic rings. The Bertz CT molecular complexity index is 339. The second-order valence-electron chi connectivity index (χ2n) is 4.96. The molecule has 0 saturated carbocycles. The zero-order chi connectivity index (χ0) is 12.3. The van der Waals surface area contributed by atoms with Crippen LogP contribution in [0.5, 0.6) is 0 Å². The Morgan fingerprint density at radius 3 is 2.29 bits per heavy atom. The Kier molecular flexibility index (Phi) is 4.41. The molecule has 100 valence electrons. The van der Waals surface area contributed by atoms with Gasteiger partial charge in [0.2, 0.25) is 0 Å². The van der Waals surface area contributed by atoms with Crippen molar-refractivity contribution in [1.29, 1.82) is 0 Å². The molecule has 0 bridgehead atoms. The molecule has 2 N–H and O–H groups in total. The van der Waals surface area contributed by atoms with E-state index >= 15 is 0 Å². The second kappa shape index (κ2) is 5.65. The summed E-state index contributed by atoms with van der Waals surface area (Å²) in [6.07, 6.45) is 6.05. The minimum absolute atomic E-state index is 0.00287. The Morgan fingerprint density at radius 2 is 1.65 bits per heavy atom. The molecule has 2 aliphatic heterocycles. The van der Waals surface area contributed by atoms with Crippen LogP contribution in [0.25, 0.3) is 0 Å². The fourth-order valence-corrected chi connectivity index (χ4v) is 4.70. The molecule has 0 aromatic carbocycles. The van der Waals surface area contributed by atoms with E-state index in [9.17, 15) is 8.42 Å². The molecule has 5 nitrogen and oxygen atoms in total. The van der Waals surface area contributed by atoms with Crippen LogP contribution in [-0.2, 0) is 10.2 Å². The highest BCUT2D eigenvalue weighted by molar-refractivity contribution is 7.86. The molecular formula is C11H23N3O2S. The third kappa shape index (κ3) is 2.81. The van der Waals surface area contributed by atoms with Gasteiger partial charge in [0.15, 0.2) is 0 Å². The lowest BCUT2D eigenvalue weighted by molar-refractivity contribution is 0.299. The van der Waals surface area contributed by atoms with Gasteiger partial charge in [-0.2, -0.15) is 17.0 Å². The van der Waals surface area contributed by atoms with Gasteiger partial charge in [0.1, 0.15) is 0 Å². The lowest BCUT2D eigenvalue weighted by atomic mass is 10.1. The fourth-order valence-electron chi connectivity index (χ4n) is 2.76. The van der Waals surface area contributed by atoms with Crippen molar-refractivity contribution >= 4 is 10.2 Å². The van der Waals surface area contributed by atoms with Crippen molar-refractivity contribution in [2.75, 3.05) is 26.2 Å². The van der Waals surface area contributed by atoms with Gasteiger partial charge < -0.3 is 5.73 Å². The van der Waals surface area contributed by atoms with Gasteiger partial charge in [-0.25, -0.2) is 0 Å². The summed E-state index contributed by atoms with van der Waals surface area (Å²) in [5, 5.41) is 0. The van der Waals surface area contributed by atoms with Crippen molar-refractivity contribution in [2.45, 2.75) is 44.6 Å². The first-order chi connectivity index (χ1) is 8.16. The lowest BCUT2D eigenvalue weighted by Crippen LogP contribution is -2.50. The molecule has 2 fully saturated rings. The van der Waals surface area contributed by atoms with Crippen LogP contribution in [0.15, 0.2) is 0 Å². The first kappa shape index (κ1) is 13.3. The third-order valence-corrected chi connectivity index (χ3v) is 5.87. The van der Waals surface area contributed by atoms with E-state index in [4.69, 9.17) is 5.73 Å². The van der Waals surface area contributed by atoms with Crippen molar-refractivity contribution in [3.63, 3.8) is 0 Å². The molecule has 2 heterocycles. The predicted octanol–water partition coefficient (Wildman–Crippen LogP) is 0.530. The number of rotatable bonds is 3. The molecule has 2 rings (SSSR count). The van der Waals surface area contributed by atoms with E-state index in [0.717, 1.165) is 38.5 Å². The maximum atomic E-state index is 12.5. The van der Waals surface area contributed by atoms with E-state index in [1.807, 2.05) is 0 Å². The standard InChI is InChI=1S/C11H23N3O2S/c12-10-11-6-2-1-3-9-14(11)17(15,16)13-7-4-5-8-13/h11H,1-10,12H2. The highest BCUT2D eigenvalue weighted by Gasteiger charge is 2.36. The van der Waals surface area contributed by atoms with Crippen molar-refractivity contribution in [3.05, 3.63) is 0 Å². The Morgan fingerprint density at radius 1 is 1.00 bits per heavy atom. The van der Waals surface area contributed by atoms with E-state index in [1.54, 1.807) is 8.61 Å². The number of hydrogen-bond acceptors (Lipinski definition) is 3. The molecular weight excluding hydrogens is 238 g/mol. The molecule has 0 radical (unpaired) electrons. The van der Waals surface area contributed by atoms with Gasteiger partial charge in [0.05, 0.1) is 0 Å². The van der Waals surface area contributed by atoms with Gasteiger partial charge in [-0.3, -0.25) is 0 Å². The first-order valence-electron chi connectivity index (χ1n) is 6.63. The molecule has 6 heteroatoms. The summed E-state index contributed by atoms with van der Waals surface area (Å²) in [5.74, 6) is 0. The van der Waals surface area contributed by atoms with Crippen molar-refractivity contribution in [2.24, 2.45) is 5.73 Å². The van der Waals surface area contributed by atoms with Crippen molar-refractivity contribution in [1.82, 2.24) is 8.61 Å². The number of nitrogens with two attached hydrogens (primary N) is 1. The predicted molar refractivity (Wildman–Crippen MR) is 67.7 cm³/mol. The molecule has 0 aromatic heterocycles. The van der Waals surface area contributed by atoms with Crippen LogP contribution in [0.3, 0.4) is 0 Å². The molecule has 0 amide bonds. The SMILES string of the molecule is NCC1CCCCCN1S(=O)(=O)N1CCCC1. The van der Waals surface area contributed by atoms with Gasteiger partial charge in [-0.1, -0.05) is 12.8 Å². The summed E-state index contributed by atoms with van der Waals surface area (Å²) in [7, 11) is -3.26. The summed E-state index contributed by atoms with van der Waals surface area (Å²) in [6, 6.07) is 0.00287. The van der Waals surface area contributed by atoms with Crippen LogP contribution in [0, 0.1) is 0 Å². The molecule has 2 saturated heterocycles. The van der Waals surface area contributed by atoms with E-state index < -0.39 is 10.2 Å². The molecule has 0 spiro atoms. The Balaban J connectivity index is 2.16. The van der Waals surface area contributed by atoms with Crippen molar-refractivity contribution < 1.29 is 8.42 Å². The minimum Gasteiger partial charge on any atom is -0.329 e. The van der Waals surface area contributed by atoms with Crippen molar-refractivity contribution in [3.8, 4) is 0 Å². The van der Waals surface area contributed by atoms with Gasteiger partial charge in [-0.15, -0.1) is 0 Å². The van der Waals surface area contributed by atoms with Crippen LogP contribution in [-0.4, -0.2) is 49.2 Å². The van der Waals surface area contributed by atoms with E-state index in [0.29, 0.717) is 26.2 Å². The summed E-state index contributed by atoms with van der Waals surface area (Å²) in [6.45, 7) is 2.43. The zero-order valence-corrected chi connectivity index (χ0v) is 11.2. The summed E-state index contributed by atoms with van der Waals surface area (Å²) in [4.78, 5) is 0. The van der Waals surface area contributed by atoms with Gasteiger partial charge in [0.25, 0.3) is 10.2 Å².